The molecule has 2 atom stereocenters. The van der Waals surface area contributed by atoms with Crippen LogP contribution >= 0.6 is 11.8 Å². The summed E-state index contributed by atoms with van der Waals surface area (Å²) in [6.07, 6.45) is 3.52. The highest BCUT2D eigenvalue weighted by Crippen LogP contribution is 2.30. The fourth-order valence-electron chi connectivity index (χ4n) is 3.48. The van der Waals surface area contributed by atoms with Gasteiger partial charge in [0.25, 0.3) is 0 Å². The monoisotopic (exact) mass is 426 g/mol. The third kappa shape index (κ3) is 4.61. The summed E-state index contributed by atoms with van der Waals surface area (Å²) >= 11 is 1.43. The number of carbonyl (C=O) groups excluding carboxylic acids is 1. The Labute approximate surface area is 182 Å². The van der Waals surface area contributed by atoms with Crippen LogP contribution in [0.2, 0.25) is 0 Å². The zero-order chi connectivity index (χ0) is 21.7. The minimum atomic E-state index is 0.132. The maximum Gasteiger partial charge on any atom is 0.233 e. The normalized spacial score (nSPS) is 13.2. The summed E-state index contributed by atoms with van der Waals surface area (Å²) in [5, 5.41) is 9.54. The molecule has 6 nitrogen and oxygen atoms in total. The molecule has 2 heterocycles. The van der Waals surface area contributed by atoms with Gasteiger partial charge in [0.1, 0.15) is 5.76 Å². The van der Waals surface area contributed by atoms with Gasteiger partial charge >= 0.3 is 0 Å². The Bertz CT molecular complexity index is 957. The maximum absolute atomic E-state index is 13.1. The van der Waals surface area contributed by atoms with E-state index in [0.29, 0.717) is 16.7 Å². The standard InChI is InChI=1S/C23H30N4O2S/c1-6-16(3)26(17(4)7-2)21(28)15-30-23-25-24-22(20-13-14-29-18(20)5)27(23)19-11-9-8-10-12-19/h8-14,16-17H,6-7,15H2,1-5H3/t16-,17-/m1/s1. The summed E-state index contributed by atoms with van der Waals surface area (Å²) in [7, 11) is 0. The number of benzene rings is 1. The molecule has 7 heteroatoms. The van der Waals surface area contributed by atoms with E-state index in [9.17, 15) is 4.79 Å². The van der Waals surface area contributed by atoms with Crippen molar-refractivity contribution in [2.45, 2.75) is 64.7 Å². The van der Waals surface area contributed by atoms with Gasteiger partial charge in [0.2, 0.25) is 5.91 Å². The summed E-state index contributed by atoms with van der Waals surface area (Å²) in [5.41, 5.74) is 1.85. The van der Waals surface area contributed by atoms with E-state index >= 15 is 0 Å². The molecule has 0 saturated heterocycles. The van der Waals surface area contributed by atoms with Gasteiger partial charge in [-0.1, -0.05) is 43.8 Å². The molecule has 30 heavy (non-hydrogen) atoms. The first kappa shape index (κ1) is 22.2. The lowest BCUT2D eigenvalue weighted by Crippen LogP contribution is -2.45. The molecule has 1 aromatic carbocycles. The largest absolute Gasteiger partial charge is 0.469 e. The molecule has 0 unspecified atom stereocenters. The van der Waals surface area contributed by atoms with Crippen LogP contribution in [0.15, 0.2) is 52.2 Å². The second kappa shape index (κ2) is 9.98. The van der Waals surface area contributed by atoms with Crippen LogP contribution in [0.1, 0.15) is 46.3 Å². The van der Waals surface area contributed by atoms with Crippen molar-refractivity contribution >= 4 is 17.7 Å². The van der Waals surface area contributed by atoms with Crippen molar-refractivity contribution in [2.24, 2.45) is 0 Å². The van der Waals surface area contributed by atoms with E-state index in [0.717, 1.165) is 29.9 Å². The molecule has 0 radical (unpaired) electrons. The lowest BCUT2D eigenvalue weighted by Gasteiger charge is -2.34. The minimum absolute atomic E-state index is 0.132. The summed E-state index contributed by atoms with van der Waals surface area (Å²) in [4.78, 5) is 15.1. The number of nitrogens with zero attached hydrogens (tertiary/aromatic N) is 4. The summed E-state index contributed by atoms with van der Waals surface area (Å²) < 4.78 is 7.47. The molecule has 0 aliphatic rings. The van der Waals surface area contributed by atoms with E-state index in [1.165, 1.54) is 11.8 Å². The van der Waals surface area contributed by atoms with Gasteiger partial charge in [0.05, 0.1) is 17.6 Å². The predicted molar refractivity (Wildman–Crippen MR) is 121 cm³/mol. The number of amides is 1. The Balaban J connectivity index is 1.90. The Hall–Kier alpha value is -2.54. The van der Waals surface area contributed by atoms with Crippen LogP contribution in [-0.4, -0.2) is 43.4 Å². The van der Waals surface area contributed by atoms with Gasteiger partial charge in [0.15, 0.2) is 11.0 Å². The van der Waals surface area contributed by atoms with Gasteiger partial charge in [-0.15, -0.1) is 10.2 Å². The molecule has 0 saturated carbocycles. The van der Waals surface area contributed by atoms with Gasteiger partial charge in [0, 0.05) is 17.8 Å². The van der Waals surface area contributed by atoms with Gasteiger partial charge in [-0.25, -0.2) is 0 Å². The Morgan fingerprint density at radius 2 is 1.77 bits per heavy atom. The summed E-state index contributed by atoms with van der Waals surface area (Å²) in [6.45, 7) is 10.4. The van der Waals surface area contributed by atoms with Crippen LogP contribution in [-0.2, 0) is 4.79 Å². The highest BCUT2D eigenvalue weighted by molar-refractivity contribution is 7.99. The van der Waals surface area contributed by atoms with Gasteiger partial charge < -0.3 is 9.32 Å². The van der Waals surface area contributed by atoms with E-state index in [1.807, 2.05) is 52.8 Å². The molecular formula is C23H30N4O2S. The number of aryl methyl sites for hydroxylation is 1. The minimum Gasteiger partial charge on any atom is -0.469 e. The summed E-state index contributed by atoms with van der Waals surface area (Å²) in [6, 6.07) is 12.3. The molecule has 3 rings (SSSR count). The number of carbonyl (C=O) groups is 1. The molecule has 3 aromatic rings. The van der Waals surface area contributed by atoms with Crippen molar-refractivity contribution in [2.75, 3.05) is 5.75 Å². The number of rotatable bonds is 9. The maximum atomic E-state index is 13.1. The lowest BCUT2D eigenvalue weighted by molar-refractivity contribution is -0.132. The van der Waals surface area contributed by atoms with E-state index in [2.05, 4.69) is 37.9 Å². The molecule has 0 spiro atoms. The molecule has 2 aromatic heterocycles. The smallest absolute Gasteiger partial charge is 0.233 e. The zero-order valence-corrected chi connectivity index (χ0v) is 19.1. The molecule has 0 aliphatic carbocycles. The van der Waals surface area contributed by atoms with Gasteiger partial charge in [-0.2, -0.15) is 0 Å². The van der Waals surface area contributed by atoms with Crippen LogP contribution in [0.4, 0.5) is 0 Å². The van der Waals surface area contributed by atoms with Crippen LogP contribution in [0.5, 0.6) is 0 Å². The average Bonchev–Trinajstić information content (AvgIpc) is 3.38. The Morgan fingerprint density at radius 3 is 2.33 bits per heavy atom. The van der Waals surface area contributed by atoms with Crippen molar-refractivity contribution in [3.8, 4) is 17.1 Å². The number of hydrogen-bond donors (Lipinski definition) is 0. The third-order valence-corrected chi connectivity index (χ3v) is 6.41. The lowest BCUT2D eigenvalue weighted by atomic mass is 10.1. The molecule has 160 valence electrons. The van der Waals surface area contributed by atoms with Crippen molar-refractivity contribution in [3.63, 3.8) is 0 Å². The Morgan fingerprint density at radius 1 is 1.10 bits per heavy atom. The SMILES string of the molecule is CC[C@@H](C)N(C(=O)CSc1nnc(-c2ccoc2C)n1-c1ccccc1)[C@H](C)CC. The molecule has 0 fully saturated rings. The van der Waals surface area contributed by atoms with Crippen molar-refractivity contribution in [3.05, 3.63) is 48.4 Å². The first-order chi connectivity index (χ1) is 14.5. The Kier molecular flexibility index (Phi) is 7.37. The molecule has 0 bridgehead atoms. The molecular weight excluding hydrogens is 396 g/mol. The third-order valence-electron chi connectivity index (χ3n) is 5.49. The highest BCUT2D eigenvalue weighted by atomic mass is 32.2. The van der Waals surface area contributed by atoms with E-state index in [-0.39, 0.29) is 18.0 Å². The number of thioether (sulfide) groups is 1. The highest BCUT2D eigenvalue weighted by Gasteiger charge is 2.25. The van der Waals surface area contributed by atoms with Gasteiger partial charge in [-0.05, 0) is 51.8 Å². The van der Waals surface area contributed by atoms with Crippen molar-refractivity contribution in [1.82, 2.24) is 19.7 Å². The van der Waals surface area contributed by atoms with E-state index in [1.54, 1.807) is 6.26 Å². The van der Waals surface area contributed by atoms with Crippen LogP contribution in [0.25, 0.3) is 17.1 Å². The number of aromatic nitrogens is 3. The number of hydrogen-bond acceptors (Lipinski definition) is 5. The van der Waals surface area contributed by atoms with Crippen LogP contribution < -0.4 is 0 Å². The van der Waals surface area contributed by atoms with Crippen molar-refractivity contribution in [1.29, 1.82) is 0 Å². The fourth-order valence-corrected chi connectivity index (χ4v) is 4.31. The van der Waals surface area contributed by atoms with Crippen molar-refractivity contribution < 1.29 is 9.21 Å². The zero-order valence-electron chi connectivity index (χ0n) is 18.3. The molecule has 1 amide bonds. The van der Waals surface area contributed by atoms with Gasteiger partial charge in [-0.3, -0.25) is 9.36 Å². The first-order valence-electron chi connectivity index (χ1n) is 10.5. The van der Waals surface area contributed by atoms with E-state index in [4.69, 9.17) is 4.42 Å². The molecule has 0 N–H and O–H groups in total. The summed E-state index contributed by atoms with van der Waals surface area (Å²) in [5.74, 6) is 1.95. The molecule has 0 aliphatic heterocycles. The average molecular weight is 427 g/mol. The quantitative estimate of drug-likeness (QED) is 0.431. The van der Waals surface area contributed by atoms with Crippen LogP contribution in [0.3, 0.4) is 0 Å². The second-order valence-electron chi connectivity index (χ2n) is 7.47. The topological polar surface area (TPSA) is 64.2 Å². The number of furan rings is 1. The second-order valence-corrected chi connectivity index (χ2v) is 8.41. The van der Waals surface area contributed by atoms with E-state index < -0.39 is 0 Å². The predicted octanol–water partition coefficient (Wildman–Crippen LogP) is 5.35. The number of para-hydroxylation sites is 1. The fraction of sp³-hybridized carbons (Fsp3) is 0.435. The first-order valence-corrected chi connectivity index (χ1v) is 11.5. The van der Waals surface area contributed by atoms with Crippen LogP contribution in [0, 0.1) is 6.92 Å².